The molecule has 3 N–H and O–H groups in total. The van der Waals surface area contributed by atoms with Crippen LogP contribution in [0, 0.1) is 5.92 Å². The molecule has 0 unspecified atom stereocenters. The second kappa shape index (κ2) is 7.29. The first-order valence-corrected chi connectivity index (χ1v) is 8.78. The summed E-state index contributed by atoms with van der Waals surface area (Å²) in [4.78, 5) is 19.9. The van der Waals surface area contributed by atoms with Crippen LogP contribution in [0.5, 0.6) is 0 Å². The molecule has 1 aliphatic heterocycles. The van der Waals surface area contributed by atoms with Crippen molar-refractivity contribution < 1.29 is 4.79 Å². The van der Waals surface area contributed by atoms with Crippen LogP contribution in [0.2, 0.25) is 5.02 Å². The van der Waals surface area contributed by atoms with E-state index in [9.17, 15) is 4.79 Å². The number of rotatable bonds is 4. The average Bonchev–Trinajstić information content (AvgIpc) is 2.95. The van der Waals surface area contributed by atoms with Crippen molar-refractivity contribution >= 4 is 39.7 Å². The summed E-state index contributed by atoms with van der Waals surface area (Å²) in [6.45, 7) is 2.69. The molecule has 23 heavy (non-hydrogen) atoms. The Bertz CT molecular complexity index is 665. The zero-order valence-electron chi connectivity index (χ0n) is 12.7. The Labute approximate surface area is 144 Å². The van der Waals surface area contributed by atoms with Gasteiger partial charge in [-0.2, -0.15) is 0 Å². The van der Waals surface area contributed by atoms with E-state index >= 15 is 0 Å². The van der Waals surface area contributed by atoms with Gasteiger partial charge in [-0.1, -0.05) is 11.6 Å². The molecule has 2 heterocycles. The number of nitrogens with zero attached hydrogens (tertiary/aromatic N) is 2. The summed E-state index contributed by atoms with van der Waals surface area (Å²) in [5.41, 5.74) is 6.45. The largest absolute Gasteiger partial charge is 0.375 e. The zero-order valence-corrected chi connectivity index (χ0v) is 14.2. The number of piperidine rings is 1. The molecule has 7 heteroatoms. The summed E-state index contributed by atoms with van der Waals surface area (Å²) >= 11 is 7.38. The van der Waals surface area contributed by atoms with Crippen molar-refractivity contribution in [1.82, 2.24) is 9.88 Å². The maximum Gasteiger partial charge on any atom is 0.227 e. The predicted octanol–water partition coefficient (Wildman–Crippen LogP) is 3.23. The number of likely N-dealkylation sites (tertiary alicyclic amines) is 1. The fourth-order valence-electron chi connectivity index (χ4n) is 2.75. The molecule has 5 nitrogen and oxygen atoms in total. The van der Waals surface area contributed by atoms with E-state index in [1.54, 1.807) is 12.1 Å². The first-order valence-electron chi connectivity index (χ1n) is 7.59. The molecule has 0 radical (unpaired) electrons. The number of benzene rings is 1. The van der Waals surface area contributed by atoms with E-state index < -0.39 is 0 Å². The van der Waals surface area contributed by atoms with Gasteiger partial charge in [0.25, 0.3) is 0 Å². The quantitative estimate of drug-likeness (QED) is 0.888. The summed E-state index contributed by atoms with van der Waals surface area (Å²) in [5, 5.41) is 4.24. The molecule has 1 saturated heterocycles. The number of hydrogen-bond acceptors (Lipinski definition) is 5. The van der Waals surface area contributed by atoms with Crippen molar-refractivity contribution in [3.05, 3.63) is 40.4 Å². The Morgan fingerprint density at radius 1 is 1.35 bits per heavy atom. The first-order chi connectivity index (χ1) is 11.1. The molecule has 0 atom stereocenters. The monoisotopic (exact) mass is 350 g/mol. The Morgan fingerprint density at radius 3 is 2.65 bits per heavy atom. The van der Waals surface area contributed by atoms with Crippen LogP contribution in [-0.4, -0.2) is 28.9 Å². The summed E-state index contributed by atoms with van der Waals surface area (Å²) in [6, 6.07) is 7.20. The second-order valence-corrected chi connectivity index (χ2v) is 7.29. The van der Waals surface area contributed by atoms with Crippen molar-refractivity contribution in [3.63, 3.8) is 0 Å². The van der Waals surface area contributed by atoms with Crippen LogP contribution in [0.1, 0.15) is 17.7 Å². The fraction of sp³-hybridized carbons (Fsp3) is 0.375. The molecule has 0 saturated carbocycles. The number of nitrogens with one attached hydrogen (secondary N) is 1. The highest BCUT2D eigenvalue weighted by atomic mass is 35.5. The average molecular weight is 351 g/mol. The molecular weight excluding hydrogens is 332 g/mol. The molecule has 0 bridgehead atoms. The number of hydrogen-bond donors (Lipinski definition) is 2. The number of thiazole rings is 1. The Morgan fingerprint density at radius 2 is 2.04 bits per heavy atom. The van der Waals surface area contributed by atoms with Gasteiger partial charge in [0.1, 0.15) is 0 Å². The first kappa shape index (κ1) is 16.2. The van der Waals surface area contributed by atoms with Crippen LogP contribution >= 0.6 is 22.9 Å². The van der Waals surface area contributed by atoms with E-state index in [1.807, 2.05) is 18.3 Å². The lowest BCUT2D eigenvalue weighted by Crippen LogP contribution is -2.37. The van der Waals surface area contributed by atoms with Gasteiger partial charge in [-0.15, -0.1) is 11.3 Å². The van der Waals surface area contributed by atoms with Gasteiger partial charge in [-0.05, 0) is 50.2 Å². The lowest BCUT2D eigenvalue weighted by molar-refractivity contribution is -0.121. The van der Waals surface area contributed by atoms with E-state index in [4.69, 9.17) is 17.3 Å². The SMILES string of the molecule is Nc1ncc(CN2CCC(C(=O)Nc3ccc(Cl)cc3)CC2)s1. The van der Waals surface area contributed by atoms with E-state index in [0.717, 1.165) is 38.2 Å². The van der Waals surface area contributed by atoms with Gasteiger partial charge in [0.05, 0.1) is 0 Å². The van der Waals surface area contributed by atoms with Crippen molar-refractivity contribution in [2.75, 3.05) is 24.1 Å². The predicted molar refractivity (Wildman–Crippen MR) is 94.6 cm³/mol. The normalized spacial score (nSPS) is 16.4. The third kappa shape index (κ3) is 4.43. The maximum atomic E-state index is 12.3. The Kier molecular flexibility index (Phi) is 5.15. The highest BCUT2D eigenvalue weighted by molar-refractivity contribution is 7.15. The molecule has 122 valence electrons. The standard InChI is InChI=1S/C16H19ClN4OS/c17-12-1-3-13(4-2-12)20-15(22)11-5-7-21(8-6-11)10-14-9-19-16(18)23-14/h1-4,9,11H,5-8,10H2,(H2,18,19)(H,20,22). The molecule has 0 spiro atoms. The number of amides is 1. The van der Waals surface area contributed by atoms with E-state index in [-0.39, 0.29) is 11.8 Å². The molecule has 2 aromatic rings. The van der Waals surface area contributed by atoms with Crippen molar-refractivity contribution in [2.45, 2.75) is 19.4 Å². The lowest BCUT2D eigenvalue weighted by atomic mass is 9.96. The number of halogens is 1. The topological polar surface area (TPSA) is 71.2 Å². The second-order valence-electron chi connectivity index (χ2n) is 5.71. The van der Waals surface area contributed by atoms with Crippen molar-refractivity contribution in [3.8, 4) is 0 Å². The van der Waals surface area contributed by atoms with Crippen LogP contribution in [0.4, 0.5) is 10.8 Å². The van der Waals surface area contributed by atoms with Gasteiger partial charge in [-0.25, -0.2) is 4.98 Å². The summed E-state index contributed by atoms with van der Waals surface area (Å²) in [7, 11) is 0. The van der Waals surface area contributed by atoms with Crippen LogP contribution in [-0.2, 0) is 11.3 Å². The molecular formula is C16H19ClN4OS. The van der Waals surface area contributed by atoms with Crippen LogP contribution in [0.15, 0.2) is 30.5 Å². The molecule has 1 aromatic heterocycles. The van der Waals surface area contributed by atoms with Crippen LogP contribution in [0.25, 0.3) is 0 Å². The number of carbonyl (C=O) groups is 1. The van der Waals surface area contributed by atoms with Crippen molar-refractivity contribution in [2.24, 2.45) is 5.92 Å². The zero-order chi connectivity index (χ0) is 16.2. The number of nitrogen functional groups attached to an aromatic ring is 1. The number of carbonyl (C=O) groups excluding carboxylic acids is 1. The van der Waals surface area contributed by atoms with Crippen LogP contribution in [0.3, 0.4) is 0 Å². The third-order valence-corrected chi connectivity index (χ3v) is 5.08. The number of anilines is 2. The Balaban J connectivity index is 1.48. The van der Waals surface area contributed by atoms with Gasteiger partial charge in [0.15, 0.2) is 5.13 Å². The maximum absolute atomic E-state index is 12.3. The van der Waals surface area contributed by atoms with Gasteiger partial charge >= 0.3 is 0 Å². The fourth-order valence-corrected chi connectivity index (χ4v) is 3.60. The van der Waals surface area contributed by atoms with Gasteiger partial charge in [0.2, 0.25) is 5.91 Å². The molecule has 1 aliphatic rings. The smallest absolute Gasteiger partial charge is 0.227 e. The molecule has 1 aromatic carbocycles. The summed E-state index contributed by atoms with van der Waals surface area (Å²) < 4.78 is 0. The van der Waals surface area contributed by atoms with Gasteiger partial charge in [0, 0.05) is 34.2 Å². The van der Waals surface area contributed by atoms with Crippen molar-refractivity contribution in [1.29, 1.82) is 0 Å². The number of aromatic nitrogens is 1. The highest BCUT2D eigenvalue weighted by Gasteiger charge is 2.25. The van der Waals surface area contributed by atoms with E-state index in [2.05, 4.69) is 15.2 Å². The molecule has 1 fully saturated rings. The minimum atomic E-state index is 0.0634. The minimum Gasteiger partial charge on any atom is -0.375 e. The molecule has 3 rings (SSSR count). The van der Waals surface area contributed by atoms with Gasteiger partial charge in [-0.3, -0.25) is 9.69 Å². The highest BCUT2D eigenvalue weighted by Crippen LogP contribution is 2.23. The Hall–Kier alpha value is -1.63. The third-order valence-electron chi connectivity index (χ3n) is 4.02. The summed E-state index contributed by atoms with van der Waals surface area (Å²) in [5.74, 6) is 0.155. The van der Waals surface area contributed by atoms with E-state index in [1.165, 1.54) is 16.2 Å². The molecule has 1 amide bonds. The summed E-state index contributed by atoms with van der Waals surface area (Å²) in [6.07, 6.45) is 3.57. The van der Waals surface area contributed by atoms with Crippen LogP contribution < -0.4 is 11.1 Å². The number of nitrogens with two attached hydrogens (primary N) is 1. The van der Waals surface area contributed by atoms with Gasteiger partial charge < -0.3 is 11.1 Å². The molecule has 0 aliphatic carbocycles. The van der Waals surface area contributed by atoms with E-state index in [0.29, 0.717) is 10.2 Å². The minimum absolute atomic E-state index is 0.0634. The lowest BCUT2D eigenvalue weighted by Gasteiger charge is -2.30.